The molecule has 8 heteroatoms. The monoisotopic (exact) mass is 388 g/mol. The Labute approximate surface area is 167 Å². The molecular formula is C21H20N6O2. The fourth-order valence-electron chi connectivity index (χ4n) is 3.99. The number of pyridine rings is 1. The van der Waals surface area contributed by atoms with Crippen LogP contribution in [0.4, 0.5) is 5.69 Å². The Kier molecular flexibility index (Phi) is 4.31. The molecular weight excluding hydrogens is 368 g/mol. The van der Waals surface area contributed by atoms with Gasteiger partial charge >= 0.3 is 0 Å². The maximum absolute atomic E-state index is 13.3. The molecule has 0 radical (unpaired) electrons. The smallest absolute Gasteiger partial charge is 0.230 e. The van der Waals surface area contributed by atoms with Crippen LogP contribution < -0.4 is 5.32 Å². The lowest BCUT2D eigenvalue weighted by molar-refractivity contribution is -0.135. The van der Waals surface area contributed by atoms with Gasteiger partial charge in [0.15, 0.2) is 5.82 Å². The van der Waals surface area contributed by atoms with E-state index in [4.69, 9.17) is 0 Å². The number of para-hydroxylation sites is 1. The molecule has 5 rings (SSSR count). The van der Waals surface area contributed by atoms with Gasteiger partial charge in [0.05, 0.1) is 12.5 Å². The summed E-state index contributed by atoms with van der Waals surface area (Å²) in [6.07, 6.45) is 4.27. The van der Waals surface area contributed by atoms with Gasteiger partial charge in [-0.2, -0.15) is 5.10 Å². The van der Waals surface area contributed by atoms with E-state index in [9.17, 15) is 9.59 Å². The molecule has 0 aliphatic carbocycles. The Morgan fingerprint density at radius 3 is 2.86 bits per heavy atom. The normalized spacial score (nSPS) is 18.4. The zero-order valence-corrected chi connectivity index (χ0v) is 15.8. The van der Waals surface area contributed by atoms with Crippen molar-refractivity contribution in [2.45, 2.75) is 25.3 Å². The zero-order chi connectivity index (χ0) is 19.8. The SMILES string of the molecule is O=C1CC(C(=O)N2CCc3nc(-c4cccnc4)nn3CC2)c2ccccc2N1. The van der Waals surface area contributed by atoms with Gasteiger partial charge in [-0.25, -0.2) is 9.67 Å². The number of nitrogens with one attached hydrogen (secondary N) is 1. The molecule has 0 saturated carbocycles. The van der Waals surface area contributed by atoms with Crippen molar-refractivity contribution in [3.8, 4) is 11.4 Å². The van der Waals surface area contributed by atoms with E-state index in [1.807, 2.05) is 46.0 Å². The van der Waals surface area contributed by atoms with Gasteiger partial charge in [0.1, 0.15) is 5.82 Å². The van der Waals surface area contributed by atoms with Crippen molar-refractivity contribution in [1.29, 1.82) is 0 Å². The second kappa shape index (κ2) is 7.12. The molecule has 0 saturated heterocycles. The highest BCUT2D eigenvalue weighted by Crippen LogP contribution is 2.33. The highest BCUT2D eigenvalue weighted by molar-refractivity contribution is 6.01. The van der Waals surface area contributed by atoms with Crippen molar-refractivity contribution in [2.24, 2.45) is 0 Å². The summed E-state index contributed by atoms with van der Waals surface area (Å²) in [5, 5.41) is 7.45. The molecule has 8 nitrogen and oxygen atoms in total. The number of benzene rings is 1. The number of carbonyl (C=O) groups excluding carboxylic acids is 2. The second-order valence-electron chi connectivity index (χ2n) is 7.28. The molecule has 146 valence electrons. The Bertz CT molecular complexity index is 1050. The van der Waals surface area contributed by atoms with Crippen LogP contribution in [0.1, 0.15) is 23.7 Å². The van der Waals surface area contributed by atoms with Gasteiger partial charge in [-0.1, -0.05) is 18.2 Å². The van der Waals surface area contributed by atoms with E-state index in [0.29, 0.717) is 31.9 Å². The first kappa shape index (κ1) is 17.5. The number of carbonyl (C=O) groups is 2. The van der Waals surface area contributed by atoms with Crippen LogP contribution in [0.2, 0.25) is 0 Å². The topological polar surface area (TPSA) is 93.0 Å². The maximum Gasteiger partial charge on any atom is 0.230 e. The second-order valence-corrected chi connectivity index (χ2v) is 7.28. The molecule has 1 atom stereocenters. The summed E-state index contributed by atoms with van der Waals surface area (Å²) in [6, 6.07) is 11.3. The van der Waals surface area contributed by atoms with E-state index in [2.05, 4.69) is 20.4 Å². The van der Waals surface area contributed by atoms with E-state index in [-0.39, 0.29) is 18.2 Å². The quantitative estimate of drug-likeness (QED) is 0.723. The third kappa shape index (κ3) is 3.26. The summed E-state index contributed by atoms with van der Waals surface area (Å²) in [7, 11) is 0. The number of hydrogen-bond acceptors (Lipinski definition) is 5. The number of nitrogens with zero attached hydrogens (tertiary/aromatic N) is 5. The third-order valence-corrected chi connectivity index (χ3v) is 5.46. The number of anilines is 1. The van der Waals surface area contributed by atoms with E-state index >= 15 is 0 Å². The molecule has 0 spiro atoms. The van der Waals surface area contributed by atoms with E-state index in [0.717, 1.165) is 22.6 Å². The fraction of sp³-hybridized carbons (Fsp3) is 0.286. The first-order chi connectivity index (χ1) is 14.2. The molecule has 4 heterocycles. The molecule has 29 heavy (non-hydrogen) atoms. The lowest BCUT2D eigenvalue weighted by Gasteiger charge is -2.29. The van der Waals surface area contributed by atoms with Gasteiger partial charge in [-0.15, -0.1) is 0 Å². The van der Waals surface area contributed by atoms with Crippen LogP contribution >= 0.6 is 0 Å². The summed E-state index contributed by atoms with van der Waals surface area (Å²) in [4.78, 5) is 36.0. The Morgan fingerprint density at radius 2 is 2.00 bits per heavy atom. The molecule has 1 unspecified atom stereocenters. The van der Waals surface area contributed by atoms with Crippen LogP contribution in [0, 0.1) is 0 Å². The molecule has 2 aliphatic heterocycles. The molecule has 2 aliphatic rings. The molecule has 2 aromatic heterocycles. The third-order valence-electron chi connectivity index (χ3n) is 5.46. The van der Waals surface area contributed by atoms with Crippen molar-refractivity contribution < 1.29 is 9.59 Å². The van der Waals surface area contributed by atoms with Gasteiger partial charge in [0.25, 0.3) is 0 Å². The fourth-order valence-corrected chi connectivity index (χ4v) is 3.99. The summed E-state index contributed by atoms with van der Waals surface area (Å²) >= 11 is 0. The van der Waals surface area contributed by atoms with Crippen molar-refractivity contribution in [1.82, 2.24) is 24.6 Å². The number of aromatic nitrogens is 4. The van der Waals surface area contributed by atoms with E-state index in [1.54, 1.807) is 12.4 Å². The average molecular weight is 388 g/mol. The van der Waals surface area contributed by atoms with E-state index < -0.39 is 5.92 Å². The Balaban J connectivity index is 1.34. The molecule has 1 aromatic carbocycles. The number of fused-ring (bicyclic) bond motifs is 2. The van der Waals surface area contributed by atoms with E-state index in [1.165, 1.54) is 0 Å². The van der Waals surface area contributed by atoms with Crippen LogP contribution in [0.25, 0.3) is 11.4 Å². The molecule has 1 N–H and O–H groups in total. The van der Waals surface area contributed by atoms with Gasteiger partial charge in [-0.3, -0.25) is 14.6 Å². The summed E-state index contributed by atoms with van der Waals surface area (Å²) in [5.74, 6) is 0.953. The van der Waals surface area contributed by atoms with Crippen molar-refractivity contribution in [3.05, 3.63) is 60.2 Å². The minimum atomic E-state index is -0.440. The first-order valence-corrected chi connectivity index (χ1v) is 9.71. The van der Waals surface area contributed by atoms with Crippen molar-refractivity contribution in [2.75, 3.05) is 18.4 Å². The number of rotatable bonds is 2. The lowest BCUT2D eigenvalue weighted by atomic mass is 9.89. The largest absolute Gasteiger partial charge is 0.340 e. The van der Waals surface area contributed by atoms with Gasteiger partial charge in [0, 0.05) is 49.6 Å². The van der Waals surface area contributed by atoms with Gasteiger partial charge in [-0.05, 0) is 23.8 Å². The van der Waals surface area contributed by atoms with Crippen LogP contribution in [0.3, 0.4) is 0 Å². The highest BCUT2D eigenvalue weighted by atomic mass is 16.2. The summed E-state index contributed by atoms with van der Waals surface area (Å²) in [6.45, 7) is 1.68. The molecule has 0 bridgehead atoms. The van der Waals surface area contributed by atoms with Crippen LogP contribution in [0.15, 0.2) is 48.8 Å². The van der Waals surface area contributed by atoms with Gasteiger partial charge in [0.2, 0.25) is 11.8 Å². The lowest BCUT2D eigenvalue weighted by Crippen LogP contribution is -2.40. The molecule has 2 amide bonds. The van der Waals surface area contributed by atoms with Crippen molar-refractivity contribution in [3.63, 3.8) is 0 Å². The minimum absolute atomic E-state index is 0.00876. The summed E-state index contributed by atoms with van der Waals surface area (Å²) < 4.78 is 1.87. The summed E-state index contributed by atoms with van der Waals surface area (Å²) in [5.41, 5.74) is 2.49. The maximum atomic E-state index is 13.3. The van der Waals surface area contributed by atoms with Crippen LogP contribution in [-0.2, 0) is 22.6 Å². The first-order valence-electron chi connectivity index (χ1n) is 9.71. The Hall–Kier alpha value is -3.55. The predicted octanol–water partition coefficient (Wildman–Crippen LogP) is 1.85. The Morgan fingerprint density at radius 1 is 1.10 bits per heavy atom. The highest BCUT2D eigenvalue weighted by Gasteiger charge is 2.34. The predicted molar refractivity (Wildman–Crippen MR) is 106 cm³/mol. The standard InChI is InChI=1S/C21H20N6O2/c28-19-12-16(15-5-1-2-6-17(15)23-19)21(29)26-9-7-18-24-20(25-27(18)11-10-26)14-4-3-8-22-13-14/h1-6,8,13,16H,7,9-12H2,(H,23,28). The average Bonchev–Trinajstić information content (AvgIpc) is 3.06. The van der Waals surface area contributed by atoms with Crippen molar-refractivity contribution >= 4 is 17.5 Å². The number of amides is 2. The van der Waals surface area contributed by atoms with Gasteiger partial charge < -0.3 is 10.2 Å². The minimum Gasteiger partial charge on any atom is -0.340 e. The van der Waals surface area contributed by atoms with Crippen LogP contribution in [-0.4, -0.2) is 49.6 Å². The zero-order valence-electron chi connectivity index (χ0n) is 15.8. The molecule has 3 aromatic rings. The number of hydrogen-bond donors (Lipinski definition) is 1. The van der Waals surface area contributed by atoms with Crippen LogP contribution in [0.5, 0.6) is 0 Å². The molecule has 0 fully saturated rings.